The van der Waals surface area contributed by atoms with Gasteiger partial charge in [0, 0.05) is 25.5 Å². The van der Waals surface area contributed by atoms with E-state index in [4.69, 9.17) is 9.88 Å². The first kappa shape index (κ1) is 17.0. The Bertz CT molecular complexity index is 784. The van der Waals surface area contributed by atoms with Crippen LogP contribution in [0.1, 0.15) is 24.6 Å². The largest absolute Gasteiger partial charge is 0.492 e. The first-order valence-corrected chi connectivity index (χ1v) is 9.61. The van der Waals surface area contributed by atoms with E-state index in [0.29, 0.717) is 18.4 Å². The van der Waals surface area contributed by atoms with Crippen LogP contribution in [0.3, 0.4) is 0 Å². The number of hydrogen-bond donors (Lipinski definition) is 1. The molecule has 0 bridgehead atoms. The molecule has 6 nitrogen and oxygen atoms in total. The van der Waals surface area contributed by atoms with Gasteiger partial charge >= 0.3 is 0 Å². The average molecular weight is 349 g/mol. The van der Waals surface area contributed by atoms with Crippen molar-refractivity contribution in [3.63, 3.8) is 0 Å². The number of primary sulfonamides is 1. The fraction of sp³-hybridized carbons (Fsp3) is 0.412. The van der Waals surface area contributed by atoms with E-state index >= 15 is 0 Å². The fourth-order valence-corrected chi connectivity index (χ4v) is 3.77. The summed E-state index contributed by atoms with van der Waals surface area (Å²) in [6, 6.07) is 10.9. The molecule has 1 aliphatic heterocycles. The van der Waals surface area contributed by atoms with Crippen molar-refractivity contribution in [2.45, 2.75) is 23.8 Å². The van der Waals surface area contributed by atoms with Crippen LogP contribution in [-0.2, 0) is 17.1 Å². The van der Waals surface area contributed by atoms with Gasteiger partial charge in [-0.1, -0.05) is 0 Å². The highest BCUT2D eigenvalue weighted by atomic mass is 32.2. The highest BCUT2D eigenvalue weighted by Crippen LogP contribution is 2.31. The smallest absolute Gasteiger partial charge is 0.238 e. The molecule has 1 aromatic heterocycles. The van der Waals surface area contributed by atoms with Gasteiger partial charge in [-0.15, -0.1) is 0 Å². The van der Waals surface area contributed by atoms with Gasteiger partial charge in [-0.2, -0.15) is 0 Å². The van der Waals surface area contributed by atoms with Crippen LogP contribution in [0.25, 0.3) is 0 Å². The molecule has 0 unspecified atom stereocenters. The van der Waals surface area contributed by atoms with Gasteiger partial charge in [0.2, 0.25) is 10.0 Å². The molecule has 1 saturated heterocycles. The van der Waals surface area contributed by atoms with Crippen LogP contribution in [0, 0.1) is 0 Å². The van der Waals surface area contributed by atoms with Crippen molar-refractivity contribution in [3.8, 4) is 5.75 Å². The molecule has 0 spiro atoms. The van der Waals surface area contributed by atoms with Crippen LogP contribution in [0.5, 0.6) is 5.75 Å². The molecular weight excluding hydrogens is 326 g/mol. The van der Waals surface area contributed by atoms with Crippen LogP contribution in [0.2, 0.25) is 0 Å². The molecule has 1 fully saturated rings. The Morgan fingerprint density at radius 2 is 2.00 bits per heavy atom. The lowest BCUT2D eigenvalue weighted by Gasteiger charge is -2.25. The van der Waals surface area contributed by atoms with Crippen LogP contribution in [-0.4, -0.2) is 37.6 Å². The van der Waals surface area contributed by atoms with Crippen molar-refractivity contribution in [1.82, 2.24) is 9.47 Å². The fourth-order valence-electron chi connectivity index (χ4n) is 3.26. The zero-order chi connectivity index (χ0) is 17.2. The summed E-state index contributed by atoms with van der Waals surface area (Å²) in [5.74, 6) is 0.650. The molecule has 24 heavy (non-hydrogen) atoms. The lowest BCUT2D eigenvalue weighted by molar-refractivity contribution is 0.193. The molecule has 130 valence electrons. The number of ether oxygens (including phenoxy) is 1. The number of sulfonamides is 1. The summed E-state index contributed by atoms with van der Waals surface area (Å²) in [4.78, 5) is 2.53. The van der Waals surface area contributed by atoms with Crippen molar-refractivity contribution < 1.29 is 13.2 Å². The van der Waals surface area contributed by atoms with E-state index in [0.717, 1.165) is 13.1 Å². The maximum Gasteiger partial charge on any atom is 0.238 e. The van der Waals surface area contributed by atoms with Gasteiger partial charge in [0.15, 0.2) is 0 Å². The highest BCUT2D eigenvalue weighted by Gasteiger charge is 2.27. The Kier molecular flexibility index (Phi) is 4.93. The zero-order valence-electron chi connectivity index (χ0n) is 13.8. The second kappa shape index (κ2) is 6.96. The van der Waals surface area contributed by atoms with E-state index in [1.165, 1.54) is 30.7 Å². The molecule has 0 radical (unpaired) electrons. The van der Waals surface area contributed by atoms with Crippen LogP contribution >= 0.6 is 0 Å². The van der Waals surface area contributed by atoms with Gasteiger partial charge in [-0.25, -0.2) is 13.6 Å². The van der Waals surface area contributed by atoms with E-state index in [1.54, 1.807) is 12.1 Å². The minimum atomic E-state index is -3.66. The summed E-state index contributed by atoms with van der Waals surface area (Å²) in [6.45, 7) is 2.48. The molecule has 2 heterocycles. The van der Waals surface area contributed by atoms with Gasteiger partial charge in [0.25, 0.3) is 0 Å². The third kappa shape index (κ3) is 3.80. The molecule has 1 aliphatic rings. The number of aromatic nitrogens is 1. The maximum atomic E-state index is 11.2. The number of nitrogens with two attached hydrogens (primary N) is 1. The first-order chi connectivity index (χ1) is 11.4. The van der Waals surface area contributed by atoms with Crippen molar-refractivity contribution in [1.29, 1.82) is 0 Å². The quantitative estimate of drug-likeness (QED) is 0.864. The third-order valence-corrected chi connectivity index (χ3v) is 5.42. The number of hydrogen-bond acceptors (Lipinski definition) is 4. The van der Waals surface area contributed by atoms with Gasteiger partial charge in [-0.3, -0.25) is 4.90 Å². The van der Waals surface area contributed by atoms with Gasteiger partial charge in [0.1, 0.15) is 12.4 Å². The molecule has 0 saturated carbocycles. The molecular formula is C17H23N3O3S. The second-order valence-corrected chi connectivity index (χ2v) is 7.66. The molecule has 2 aromatic rings. The summed E-state index contributed by atoms with van der Waals surface area (Å²) in [6.07, 6.45) is 4.44. The Hall–Kier alpha value is -1.83. The molecule has 1 aromatic carbocycles. The maximum absolute atomic E-state index is 11.2. The molecule has 3 rings (SSSR count). The van der Waals surface area contributed by atoms with Crippen molar-refractivity contribution in [2.75, 3.05) is 19.7 Å². The SMILES string of the molecule is Cn1cccc1[C@@H]1CCCN1CCOc1ccc(S(N)(=O)=O)cc1. The monoisotopic (exact) mass is 349 g/mol. The van der Waals surface area contributed by atoms with E-state index in [-0.39, 0.29) is 4.90 Å². The Morgan fingerprint density at radius 3 is 2.62 bits per heavy atom. The first-order valence-electron chi connectivity index (χ1n) is 8.06. The standard InChI is InChI=1S/C17H23N3O3S/c1-19-10-2-4-16(19)17-5-3-11-20(17)12-13-23-14-6-8-15(9-7-14)24(18,21)22/h2,4,6-10,17H,3,5,11-13H2,1H3,(H2,18,21,22)/t17-/m0/s1. The molecule has 0 amide bonds. The van der Waals surface area contributed by atoms with Gasteiger partial charge in [0.05, 0.1) is 10.9 Å². The summed E-state index contributed by atoms with van der Waals surface area (Å²) in [5.41, 5.74) is 1.34. The van der Waals surface area contributed by atoms with E-state index in [2.05, 4.69) is 34.8 Å². The minimum Gasteiger partial charge on any atom is -0.492 e. The highest BCUT2D eigenvalue weighted by molar-refractivity contribution is 7.89. The minimum absolute atomic E-state index is 0.0955. The Morgan fingerprint density at radius 1 is 1.25 bits per heavy atom. The normalized spacial score (nSPS) is 18.8. The van der Waals surface area contributed by atoms with Crippen LogP contribution < -0.4 is 9.88 Å². The second-order valence-electron chi connectivity index (χ2n) is 6.10. The third-order valence-electron chi connectivity index (χ3n) is 4.49. The predicted molar refractivity (Wildman–Crippen MR) is 92.3 cm³/mol. The molecule has 1 atom stereocenters. The van der Waals surface area contributed by atoms with Gasteiger partial charge < -0.3 is 9.30 Å². The average Bonchev–Trinajstić information content (AvgIpc) is 3.15. The van der Waals surface area contributed by atoms with Crippen LogP contribution in [0.4, 0.5) is 0 Å². The predicted octanol–water partition coefficient (Wildman–Crippen LogP) is 1.89. The lowest BCUT2D eigenvalue weighted by Crippen LogP contribution is -2.29. The Labute approximate surface area is 142 Å². The zero-order valence-corrected chi connectivity index (χ0v) is 14.6. The van der Waals surface area contributed by atoms with E-state index in [1.807, 2.05) is 0 Å². The number of likely N-dealkylation sites (tertiary alicyclic amines) is 1. The van der Waals surface area contributed by atoms with Crippen molar-refractivity contribution >= 4 is 10.0 Å². The number of benzene rings is 1. The summed E-state index contributed by atoms with van der Waals surface area (Å²) < 4.78 is 30.4. The summed E-state index contributed by atoms with van der Waals surface area (Å²) in [7, 11) is -1.58. The molecule has 2 N–H and O–H groups in total. The lowest BCUT2D eigenvalue weighted by atomic mass is 10.1. The molecule has 0 aliphatic carbocycles. The summed E-state index contributed by atoms with van der Waals surface area (Å²) >= 11 is 0. The van der Waals surface area contributed by atoms with Crippen molar-refractivity contribution in [2.24, 2.45) is 12.2 Å². The van der Waals surface area contributed by atoms with E-state index in [9.17, 15) is 8.42 Å². The number of aryl methyl sites for hydroxylation is 1. The van der Waals surface area contributed by atoms with Crippen molar-refractivity contribution in [3.05, 3.63) is 48.3 Å². The van der Waals surface area contributed by atoms with E-state index < -0.39 is 10.0 Å². The van der Waals surface area contributed by atoms with Crippen LogP contribution in [0.15, 0.2) is 47.5 Å². The number of nitrogens with zero attached hydrogens (tertiary/aromatic N) is 2. The number of rotatable bonds is 6. The topological polar surface area (TPSA) is 77.6 Å². The molecule has 7 heteroatoms. The Balaban J connectivity index is 1.55. The summed E-state index contributed by atoms with van der Waals surface area (Å²) in [5, 5.41) is 5.09. The van der Waals surface area contributed by atoms with Gasteiger partial charge in [-0.05, 0) is 55.8 Å².